The number of aromatic nitrogens is 2. The second-order valence-electron chi connectivity index (χ2n) is 7.20. The van der Waals surface area contributed by atoms with Gasteiger partial charge in [0.1, 0.15) is 22.9 Å². The zero-order valence-electron chi connectivity index (χ0n) is 16.5. The van der Waals surface area contributed by atoms with Gasteiger partial charge in [0.05, 0.1) is 18.3 Å². The third-order valence-corrected chi connectivity index (χ3v) is 5.26. The maximum absolute atomic E-state index is 14.5. The fourth-order valence-corrected chi connectivity index (χ4v) is 3.88. The molecule has 2 heterocycles. The molecule has 2 aromatic heterocycles. The van der Waals surface area contributed by atoms with Gasteiger partial charge in [0.25, 0.3) is 0 Å². The third-order valence-electron chi connectivity index (χ3n) is 5.26. The smallest absolute Gasteiger partial charge is 0.150 e. The second-order valence-corrected chi connectivity index (χ2v) is 7.20. The number of nitrogens with two attached hydrogens (primary N) is 1. The molecule has 0 aliphatic rings. The number of aromatic amines is 1. The van der Waals surface area contributed by atoms with Gasteiger partial charge in [-0.25, -0.2) is 13.8 Å². The molecule has 150 valence electrons. The summed E-state index contributed by atoms with van der Waals surface area (Å²) in [5.41, 5.74) is 10.1. The van der Waals surface area contributed by atoms with E-state index in [0.717, 1.165) is 52.3 Å². The van der Waals surface area contributed by atoms with Crippen molar-refractivity contribution in [3.05, 3.63) is 59.3 Å². The molecule has 4 nitrogen and oxygen atoms in total. The molecule has 0 aliphatic carbocycles. The summed E-state index contributed by atoms with van der Waals surface area (Å²) < 4.78 is 34.0. The SMILES string of the molecule is COc1ccc(-c2[nH]c3c(F)cc(F)cc3c2CCCCN)c2ccc(C)nc12. The molecule has 0 saturated carbocycles. The lowest BCUT2D eigenvalue weighted by atomic mass is 9.97. The first-order valence-electron chi connectivity index (χ1n) is 9.68. The lowest BCUT2D eigenvalue weighted by Crippen LogP contribution is -1.99. The van der Waals surface area contributed by atoms with Crippen LogP contribution in [0.2, 0.25) is 0 Å². The van der Waals surface area contributed by atoms with Gasteiger partial charge in [-0.15, -0.1) is 0 Å². The Morgan fingerprint density at radius 2 is 1.90 bits per heavy atom. The van der Waals surface area contributed by atoms with Crippen LogP contribution in [-0.4, -0.2) is 23.6 Å². The van der Waals surface area contributed by atoms with E-state index < -0.39 is 11.6 Å². The number of hydrogen-bond acceptors (Lipinski definition) is 3. The highest BCUT2D eigenvalue weighted by Gasteiger charge is 2.19. The predicted octanol–water partition coefficient (Wildman–Crippen LogP) is 5.26. The summed E-state index contributed by atoms with van der Waals surface area (Å²) in [6.07, 6.45) is 2.34. The Labute approximate surface area is 167 Å². The maximum Gasteiger partial charge on any atom is 0.150 e. The predicted molar refractivity (Wildman–Crippen MR) is 112 cm³/mol. The zero-order chi connectivity index (χ0) is 20.5. The Balaban J connectivity index is 2.00. The summed E-state index contributed by atoms with van der Waals surface area (Å²) in [7, 11) is 1.61. The van der Waals surface area contributed by atoms with Crippen molar-refractivity contribution in [1.82, 2.24) is 9.97 Å². The maximum atomic E-state index is 14.5. The van der Waals surface area contributed by atoms with Crippen molar-refractivity contribution in [1.29, 1.82) is 0 Å². The zero-order valence-corrected chi connectivity index (χ0v) is 16.5. The van der Waals surface area contributed by atoms with Gasteiger partial charge in [-0.2, -0.15) is 0 Å². The lowest BCUT2D eigenvalue weighted by molar-refractivity contribution is 0.419. The Kier molecular flexibility index (Phi) is 5.20. The van der Waals surface area contributed by atoms with Crippen molar-refractivity contribution in [2.75, 3.05) is 13.7 Å². The number of fused-ring (bicyclic) bond motifs is 2. The first kappa shape index (κ1) is 19.3. The number of hydrogen-bond donors (Lipinski definition) is 2. The van der Waals surface area contributed by atoms with E-state index in [2.05, 4.69) is 9.97 Å². The van der Waals surface area contributed by atoms with E-state index >= 15 is 0 Å². The van der Waals surface area contributed by atoms with Crippen LogP contribution in [0.5, 0.6) is 5.75 Å². The topological polar surface area (TPSA) is 63.9 Å². The fourth-order valence-electron chi connectivity index (χ4n) is 3.88. The van der Waals surface area contributed by atoms with Gasteiger partial charge in [-0.05, 0) is 62.6 Å². The standard InChI is InChI=1S/C23H23F2N3O/c1-13-6-7-17-16(8-9-20(29-2)23(17)27-13)21-15(5-3-4-10-26)18-11-14(24)12-19(25)22(18)28-21/h6-9,11-12,28H,3-5,10,26H2,1-2H3. The lowest BCUT2D eigenvalue weighted by Gasteiger charge is -2.12. The molecule has 4 rings (SSSR count). The van der Waals surface area contributed by atoms with Crippen LogP contribution in [0.3, 0.4) is 0 Å². The fraction of sp³-hybridized carbons (Fsp3) is 0.261. The summed E-state index contributed by atoms with van der Waals surface area (Å²) in [5.74, 6) is -0.513. The van der Waals surface area contributed by atoms with Crippen LogP contribution in [0.15, 0.2) is 36.4 Å². The van der Waals surface area contributed by atoms with Gasteiger partial charge >= 0.3 is 0 Å². The van der Waals surface area contributed by atoms with Gasteiger partial charge in [-0.3, -0.25) is 0 Å². The highest BCUT2D eigenvalue weighted by Crippen LogP contribution is 2.38. The van der Waals surface area contributed by atoms with Crippen molar-refractivity contribution in [2.24, 2.45) is 5.73 Å². The largest absolute Gasteiger partial charge is 0.494 e. The molecule has 0 unspecified atom stereocenters. The van der Waals surface area contributed by atoms with E-state index in [1.807, 2.05) is 31.2 Å². The molecule has 29 heavy (non-hydrogen) atoms. The van der Waals surface area contributed by atoms with Crippen LogP contribution >= 0.6 is 0 Å². The second kappa shape index (κ2) is 7.79. The van der Waals surface area contributed by atoms with E-state index in [0.29, 0.717) is 29.6 Å². The van der Waals surface area contributed by atoms with Gasteiger partial charge in [0.2, 0.25) is 0 Å². The average molecular weight is 395 g/mol. The van der Waals surface area contributed by atoms with Crippen molar-refractivity contribution >= 4 is 21.8 Å². The number of halogens is 2. The number of pyridine rings is 1. The number of benzene rings is 2. The summed E-state index contributed by atoms with van der Waals surface area (Å²) >= 11 is 0. The van der Waals surface area contributed by atoms with E-state index in [9.17, 15) is 8.78 Å². The van der Waals surface area contributed by atoms with Crippen molar-refractivity contribution in [3.63, 3.8) is 0 Å². The molecule has 3 N–H and O–H groups in total. The van der Waals surface area contributed by atoms with E-state index in [-0.39, 0.29) is 0 Å². The molecule has 0 bridgehead atoms. The molecule has 0 radical (unpaired) electrons. The molecular weight excluding hydrogens is 372 g/mol. The molecule has 6 heteroatoms. The first-order chi connectivity index (χ1) is 14.0. The quantitative estimate of drug-likeness (QED) is 0.438. The van der Waals surface area contributed by atoms with Crippen LogP contribution < -0.4 is 10.5 Å². The Hall–Kier alpha value is -2.99. The van der Waals surface area contributed by atoms with E-state index in [4.69, 9.17) is 10.5 Å². The minimum absolute atomic E-state index is 0.313. The Morgan fingerprint density at radius 3 is 2.66 bits per heavy atom. The Bertz CT molecular complexity index is 1200. The minimum atomic E-state index is -0.599. The number of nitrogens with zero attached hydrogens (tertiary/aromatic N) is 1. The van der Waals surface area contributed by atoms with Crippen molar-refractivity contribution < 1.29 is 13.5 Å². The van der Waals surface area contributed by atoms with Crippen molar-refractivity contribution in [2.45, 2.75) is 26.2 Å². The normalized spacial score (nSPS) is 11.5. The van der Waals surface area contributed by atoms with E-state index in [1.54, 1.807) is 7.11 Å². The molecule has 0 spiro atoms. The number of aryl methyl sites for hydroxylation is 2. The van der Waals surface area contributed by atoms with Gasteiger partial charge < -0.3 is 15.5 Å². The number of nitrogens with one attached hydrogen (secondary N) is 1. The van der Waals surface area contributed by atoms with Crippen LogP contribution in [-0.2, 0) is 6.42 Å². The molecule has 4 aromatic rings. The number of methoxy groups -OCH3 is 1. The summed E-state index contributed by atoms with van der Waals surface area (Å²) in [5, 5.41) is 1.46. The minimum Gasteiger partial charge on any atom is -0.494 e. The van der Waals surface area contributed by atoms with Crippen LogP contribution in [0.4, 0.5) is 8.78 Å². The van der Waals surface area contributed by atoms with Gasteiger partial charge in [0, 0.05) is 28.1 Å². The van der Waals surface area contributed by atoms with Gasteiger partial charge in [-0.1, -0.05) is 6.07 Å². The molecule has 0 aliphatic heterocycles. The molecule has 0 atom stereocenters. The highest BCUT2D eigenvalue weighted by atomic mass is 19.1. The van der Waals surface area contributed by atoms with Crippen LogP contribution in [0, 0.1) is 18.6 Å². The first-order valence-corrected chi connectivity index (χ1v) is 9.68. The Morgan fingerprint density at radius 1 is 1.07 bits per heavy atom. The van der Waals surface area contributed by atoms with E-state index in [1.165, 1.54) is 6.07 Å². The molecular formula is C23H23F2N3O. The molecule has 2 aromatic carbocycles. The summed E-state index contributed by atoms with van der Waals surface area (Å²) in [4.78, 5) is 7.84. The monoisotopic (exact) mass is 395 g/mol. The van der Waals surface area contributed by atoms with Crippen LogP contribution in [0.1, 0.15) is 24.1 Å². The average Bonchev–Trinajstić information content (AvgIpc) is 3.06. The molecule has 0 fully saturated rings. The highest BCUT2D eigenvalue weighted by molar-refractivity contribution is 6.01. The third kappa shape index (κ3) is 3.44. The number of ether oxygens (including phenoxy) is 1. The summed E-state index contributed by atoms with van der Waals surface area (Å²) in [6, 6.07) is 10.0. The molecule has 0 amide bonds. The number of H-pyrrole nitrogens is 1. The van der Waals surface area contributed by atoms with Crippen LogP contribution in [0.25, 0.3) is 33.1 Å². The number of unbranched alkanes of at least 4 members (excludes halogenated alkanes) is 1. The number of rotatable bonds is 6. The molecule has 0 saturated heterocycles. The van der Waals surface area contributed by atoms with Crippen molar-refractivity contribution in [3.8, 4) is 17.0 Å². The summed E-state index contributed by atoms with van der Waals surface area (Å²) in [6.45, 7) is 2.50. The van der Waals surface area contributed by atoms with Gasteiger partial charge in [0.15, 0.2) is 0 Å².